The average molecular weight is 577 g/mol. The number of carbonyl (C=O) groups excluding carboxylic acids is 1. The maximum atomic E-state index is 14.9. The zero-order chi connectivity index (χ0) is 29.8. The summed E-state index contributed by atoms with van der Waals surface area (Å²) in [5.41, 5.74) is 3.66. The zero-order valence-electron chi connectivity index (χ0n) is 24.0. The Morgan fingerprint density at radius 3 is 2.40 bits per heavy atom. The number of piperazine rings is 1. The monoisotopic (exact) mass is 576 g/mol. The Morgan fingerprint density at radius 1 is 1.05 bits per heavy atom. The Hall–Kier alpha value is -4.44. The molecule has 3 heterocycles. The summed E-state index contributed by atoms with van der Waals surface area (Å²) in [5, 5.41) is 3.69. The third kappa shape index (κ3) is 6.08. The molecular formula is C32H34F2N4O4. The van der Waals surface area contributed by atoms with Gasteiger partial charge in [-0.3, -0.25) is 9.78 Å². The zero-order valence-corrected chi connectivity index (χ0v) is 24.0. The first kappa shape index (κ1) is 29.1. The number of fused-ring (bicyclic) bond motifs is 1. The van der Waals surface area contributed by atoms with Gasteiger partial charge in [-0.05, 0) is 42.4 Å². The van der Waals surface area contributed by atoms with Crippen LogP contribution in [0.15, 0.2) is 59.7 Å². The number of hydrogen-bond donors (Lipinski definition) is 1. The van der Waals surface area contributed by atoms with Crippen molar-refractivity contribution in [3.05, 3.63) is 89.5 Å². The van der Waals surface area contributed by atoms with Gasteiger partial charge in [0, 0.05) is 73.1 Å². The van der Waals surface area contributed by atoms with Gasteiger partial charge in [-0.25, -0.2) is 8.78 Å². The molecule has 0 bridgehead atoms. The summed E-state index contributed by atoms with van der Waals surface area (Å²) < 4.78 is 45.8. The normalized spacial score (nSPS) is 13.8. The Kier molecular flexibility index (Phi) is 8.72. The van der Waals surface area contributed by atoms with Crippen molar-refractivity contribution < 1.29 is 27.5 Å². The van der Waals surface area contributed by atoms with E-state index in [1.165, 1.54) is 26.4 Å². The first-order valence-electron chi connectivity index (χ1n) is 13.8. The molecule has 220 valence electrons. The van der Waals surface area contributed by atoms with Crippen LogP contribution in [0.4, 0.5) is 20.2 Å². The molecule has 1 saturated heterocycles. The summed E-state index contributed by atoms with van der Waals surface area (Å²) >= 11 is 0. The lowest BCUT2D eigenvalue weighted by molar-refractivity contribution is -0.111. The molecule has 4 aromatic rings. The van der Waals surface area contributed by atoms with Crippen molar-refractivity contribution in [2.75, 3.05) is 57.2 Å². The van der Waals surface area contributed by atoms with E-state index in [9.17, 15) is 13.6 Å². The number of benzene rings is 2. The van der Waals surface area contributed by atoms with Crippen LogP contribution in [-0.4, -0.2) is 62.7 Å². The highest BCUT2D eigenvalue weighted by molar-refractivity contribution is 5.99. The van der Waals surface area contributed by atoms with Gasteiger partial charge in [-0.15, -0.1) is 0 Å². The summed E-state index contributed by atoms with van der Waals surface area (Å²) in [6.07, 6.45) is 3.15. The highest BCUT2D eigenvalue weighted by Crippen LogP contribution is 2.34. The summed E-state index contributed by atoms with van der Waals surface area (Å²) in [5.74, 6) is -1.77. The van der Waals surface area contributed by atoms with Gasteiger partial charge in [0.05, 0.1) is 20.4 Å². The Labute approximate surface area is 243 Å². The predicted octanol–water partition coefficient (Wildman–Crippen LogP) is 5.57. The molecule has 0 spiro atoms. The number of anilines is 2. The van der Waals surface area contributed by atoms with Crippen LogP contribution in [-0.2, 0) is 17.6 Å². The lowest BCUT2D eigenvalue weighted by Gasteiger charge is -2.35. The maximum absolute atomic E-state index is 14.9. The molecule has 10 heteroatoms. The molecule has 1 N–H and O–H groups in total. The molecule has 5 rings (SSSR count). The number of halogens is 2. The number of hydrogen-bond acceptors (Lipinski definition) is 7. The van der Waals surface area contributed by atoms with Crippen molar-refractivity contribution in [1.29, 1.82) is 0 Å². The van der Waals surface area contributed by atoms with Crippen molar-refractivity contribution in [2.45, 2.75) is 19.8 Å². The molecule has 2 aromatic carbocycles. The molecule has 1 aliphatic rings. The number of pyridine rings is 1. The number of nitrogens with zero attached hydrogens (tertiary/aromatic N) is 3. The number of amides is 1. The van der Waals surface area contributed by atoms with E-state index in [4.69, 9.17) is 13.9 Å². The second-order valence-electron chi connectivity index (χ2n) is 10.1. The number of aromatic nitrogens is 1. The number of methoxy groups -OCH3 is 2. The number of furan rings is 1. The fourth-order valence-corrected chi connectivity index (χ4v) is 5.23. The standard InChI is InChI=1S/C32H34F2N4O4/c1-5-30(39)36-26-16-23(38-11-9-37(6-2)10-12-38)8-7-20(26)13-22-14-21-15-24(42-29(21)19-35-22)17-25-31(33)27(40-3)18-28(41-4)32(25)34/h5,7-8,14-16,18-19H,1,6,9-13,17H2,2-4H3,(H,36,39). The molecule has 0 atom stereocenters. The van der Waals surface area contributed by atoms with E-state index in [-0.39, 0.29) is 29.4 Å². The molecule has 1 amide bonds. The molecule has 0 unspecified atom stereocenters. The van der Waals surface area contributed by atoms with E-state index in [0.717, 1.165) is 55.1 Å². The molecular weight excluding hydrogens is 542 g/mol. The lowest BCUT2D eigenvalue weighted by Crippen LogP contribution is -2.46. The Morgan fingerprint density at radius 2 is 1.76 bits per heavy atom. The second kappa shape index (κ2) is 12.6. The van der Waals surface area contributed by atoms with Crippen molar-refractivity contribution in [2.24, 2.45) is 0 Å². The molecule has 0 saturated carbocycles. The summed E-state index contributed by atoms with van der Waals surface area (Å²) in [6.45, 7) is 10.6. The van der Waals surface area contributed by atoms with Gasteiger partial charge in [0.2, 0.25) is 5.91 Å². The fourth-order valence-electron chi connectivity index (χ4n) is 5.23. The van der Waals surface area contributed by atoms with Gasteiger partial charge in [0.25, 0.3) is 0 Å². The van der Waals surface area contributed by atoms with Crippen molar-refractivity contribution in [3.63, 3.8) is 0 Å². The number of rotatable bonds is 10. The van der Waals surface area contributed by atoms with E-state index in [0.29, 0.717) is 23.5 Å². The first-order valence-corrected chi connectivity index (χ1v) is 13.8. The van der Waals surface area contributed by atoms with Gasteiger partial charge in [-0.1, -0.05) is 19.6 Å². The van der Waals surface area contributed by atoms with E-state index >= 15 is 0 Å². The van der Waals surface area contributed by atoms with Gasteiger partial charge in [0.15, 0.2) is 28.7 Å². The van der Waals surface area contributed by atoms with Crippen molar-refractivity contribution in [1.82, 2.24) is 9.88 Å². The van der Waals surface area contributed by atoms with Crippen LogP contribution in [0.5, 0.6) is 11.5 Å². The van der Waals surface area contributed by atoms with E-state index in [1.807, 2.05) is 18.2 Å². The van der Waals surface area contributed by atoms with Crippen LogP contribution >= 0.6 is 0 Å². The predicted molar refractivity (Wildman–Crippen MR) is 159 cm³/mol. The van der Waals surface area contributed by atoms with Crippen LogP contribution in [0, 0.1) is 11.6 Å². The molecule has 42 heavy (non-hydrogen) atoms. The van der Waals surface area contributed by atoms with Crippen LogP contribution in [0.3, 0.4) is 0 Å². The van der Waals surface area contributed by atoms with Gasteiger partial charge < -0.3 is 29.0 Å². The smallest absolute Gasteiger partial charge is 0.247 e. The third-order valence-corrected chi connectivity index (χ3v) is 7.62. The van der Waals surface area contributed by atoms with Crippen molar-refractivity contribution in [3.8, 4) is 11.5 Å². The molecule has 8 nitrogen and oxygen atoms in total. The van der Waals surface area contributed by atoms with E-state index in [1.54, 1.807) is 12.3 Å². The van der Waals surface area contributed by atoms with Crippen LogP contribution in [0.1, 0.15) is 29.5 Å². The third-order valence-electron chi connectivity index (χ3n) is 7.62. The summed E-state index contributed by atoms with van der Waals surface area (Å²) in [7, 11) is 2.62. The van der Waals surface area contributed by atoms with Gasteiger partial charge in [-0.2, -0.15) is 0 Å². The minimum absolute atomic E-state index is 0.114. The van der Waals surface area contributed by atoms with E-state index in [2.05, 4.69) is 39.7 Å². The Bertz CT molecular complexity index is 1580. The number of likely N-dealkylation sites (N-methyl/N-ethyl adjacent to an activating group) is 1. The SMILES string of the molecule is C=CC(=O)Nc1cc(N2CCN(CC)CC2)ccc1Cc1cc2cc(Cc3c(F)c(OC)cc(OC)c3F)oc2cn1. The molecule has 1 aliphatic heterocycles. The second-order valence-corrected chi connectivity index (χ2v) is 10.1. The van der Waals surface area contributed by atoms with Gasteiger partial charge in [0.1, 0.15) is 5.76 Å². The molecule has 0 radical (unpaired) electrons. The van der Waals surface area contributed by atoms with Crippen molar-refractivity contribution >= 4 is 28.3 Å². The summed E-state index contributed by atoms with van der Waals surface area (Å²) in [4.78, 5) is 21.5. The van der Waals surface area contributed by atoms with Crippen LogP contribution < -0.4 is 19.7 Å². The van der Waals surface area contributed by atoms with Gasteiger partial charge >= 0.3 is 0 Å². The summed E-state index contributed by atoms with van der Waals surface area (Å²) in [6, 6.07) is 10.9. The van der Waals surface area contributed by atoms with E-state index < -0.39 is 11.6 Å². The fraction of sp³-hybridized carbons (Fsp3) is 0.312. The highest BCUT2D eigenvalue weighted by Gasteiger charge is 2.22. The quantitative estimate of drug-likeness (QED) is 0.247. The first-order chi connectivity index (χ1) is 20.3. The minimum atomic E-state index is -0.806. The number of nitrogens with one attached hydrogen (secondary N) is 1. The number of carbonyl (C=O) groups is 1. The van der Waals surface area contributed by atoms with Crippen LogP contribution in [0.25, 0.3) is 11.0 Å². The number of ether oxygens (including phenoxy) is 2. The maximum Gasteiger partial charge on any atom is 0.247 e. The Balaban J connectivity index is 1.40. The average Bonchev–Trinajstić information content (AvgIpc) is 3.42. The topological polar surface area (TPSA) is 80.1 Å². The lowest BCUT2D eigenvalue weighted by atomic mass is 10.0. The van der Waals surface area contributed by atoms with Crippen LogP contribution in [0.2, 0.25) is 0 Å². The minimum Gasteiger partial charge on any atom is -0.494 e. The molecule has 0 aliphatic carbocycles. The molecule has 2 aromatic heterocycles. The highest BCUT2D eigenvalue weighted by atomic mass is 19.1. The molecule has 1 fully saturated rings. The largest absolute Gasteiger partial charge is 0.494 e.